The van der Waals surface area contributed by atoms with E-state index in [0.29, 0.717) is 79.3 Å². The van der Waals surface area contributed by atoms with Crippen molar-refractivity contribution >= 4 is 22.7 Å². The van der Waals surface area contributed by atoms with Crippen molar-refractivity contribution in [2.45, 2.75) is 19.4 Å². The third-order valence-electron chi connectivity index (χ3n) is 6.38. The molecule has 190 valence electrons. The Morgan fingerprint density at radius 3 is 2.17 bits per heavy atom. The van der Waals surface area contributed by atoms with Crippen LogP contribution in [0, 0.1) is 0 Å². The minimum absolute atomic E-state index is 0.0137. The van der Waals surface area contributed by atoms with E-state index in [9.17, 15) is 14.4 Å². The van der Waals surface area contributed by atoms with Gasteiger partial charge in [-0.05, 0) is 36.8 Å². The van der Waals surface area contributed by atoms with Gasteiger partial charge in [-0.3, -0.25) is 19.0 Å². The summed E-state index contributed by atoms with van der Waals surface area (Å²) in [6.45, 7) is 2.31. The number of carbonyl (C=O) groups excluding carboxylic acids is 2. The molecular weight excluding hydrogens is 464 g/mol. The summed E-state index contributed by atoms with van der Waals surface area (Å²) in [5.74, 6) is 1.62. The van der Waals surface area contributed by atoms with Crippen molar-refractivity contribution in [1.29, 1.82) is 0 Å². The van der Waals surface area contributed by atoms with Crippen LogP contribution in [0.15, 0.2) is 47.5 Å². The maximum Gasteiger partial charge on any atom is 0.261 e. The third-order valence-corrected chi connectivity index (χ3v) is 6.38. The van der Waals surface area contributed by atoms with Crippen molar-refractivity contribution in [1.82, 2.24) is 19.4 Å². The summed E-state index contributed by atoms with van der Waals surface area (Å²) in [6.07, 6.45) is 2.30. The number of hydrogen-bond donors (Lipinski definition) is 0. The second kappa shape index (κ2) is 11.1. The van der Waals surface area contributed by atoms with Crippen LogP contribution in [0.25, 0.3) is 10.9 Å². The highest BCUT2D eigenvalue weighted by Crippen LogP contribution is 2.29. The molecule has 10 nitrogen and oxygen atoms in total. The predicted octanol–water partition coefficient (Wildman–Crippen LogP) is 2.19. The van der Waals surface area contributed by atoms with Gasteiger partial charge in [0.25, 0.3) is 11.5 Å². The quantitative estimate of drug-likeness (QED) is 0.473. The Balaban J connectivity index is 1.30. The van der Waals surface area contributed by atoms with Crippen LogP contribution in [-0.2, 0) is 11.3 Å². The maximum atomic E-state index is 12.9. The Labute approximate surface area is 209 Å². The summed E-state index contributed by atoms with van der Waals surface area (Å²) < 4.78 is 17.2. The van der Waals surface area contributed by atoms with Crippen LogP contribution in [0.3, 0.4) is 0 Å². The monoisotopic (exact) mass is 494 g/mol. The highest BCUT2D eigenvalue weighted by molar-refractivity contribution is 5.94. The van der Waals surface area contributed by atoms with E-state index in [1.807, 2.05) is 0 Å². The Bertz CT molecular complexity index is 1300. The topological polar surface area (TPSA) is 103 Å². The fourth-order valence-corrected chi connectivity index (χ4v) is 4.28. The minimum Gasteiger partial charge on any atom is -0.497 e. The van der Waals surface area contributed by atoms with Gasteiger partial charge in [0.05, 0.1) is 38.6 Å². The average molecular weight is 495 g/mol. The van der Waals surface area contributed by atoms with Crippen LogP contribution < -0.4 is 19.8 Å². The molecule has 0 bridgehead atoms. The first kappa shape index (κ1) is 25.0. The first-order valence-electron chi connectivity index (χ1n) is 11.8. The van der Waals surface area contributed by atoms with Gasteiger partial charge in [-0.25, -0.2) is 4.98 Å². The lowest BCUT2D eigenvalue weighted by atomic mass is 10.1. The summed E-state index contributed by atoms with van der Waals surface area (Å²) in [6, 6.07) is 10.3. The highest BCUT2D eigenvalue weighted by atomic mass is 16.5. The lowest BCUT2D eigenvalue weighted by Crippen LogP contribution is -2.50. The zero-order valence-electron chi connectivity index (χ0n) is 20.7. The Kier molecular flexibility index (Phi) is 7.72. The van der Waals surface area contributed by atoms with Gasteiger partial charge in [0.2, 0.25) is 5.91 Å². The Morgan fingerprint density at radius 1 is 0.889 bits per heavy atom. The number of benzene rings is 2. The van der Waals surface area contributed by atoms with E-state index in [-0.39, 0.29) is 17.4 Å². The Morgan fingerprint density at radius 2 is 1.53 bits per heavy atom. The molecule has 4 rings (SSSR count). The zero-order chi connectivity index (χ0) is 25.7. The molecule has 0 radical (unpaired) electrons. The van der Waals surface area contributed by atoms with Crippen molar-refractivity contribution in [3.05, 3.63) is 58.6 Å². The zero-order valence-corrected chi connectivity index (χ0v) is 20.7. The summed E-state index contributed by atoms with van der Waals surface area (Å²) >= 11 is 0. The van der Waals surface area contributed by atoms with Crippen LogP contribution in [0.4, 0.5) is 0 Å². The molecule has 0 spiro atoms. The first-order valence-corrected chi connectivity index (χ1v) is 11.8. The van der Waals surface area contributed by atoms with Crippen molar-refractivity contribution in [2.75, 3.05) is 47.5 Å². The van der Waals surface area contributed by atoms with Crippen LogP contribution >= 0.6 is 0 Å². The van der Waals surface area contributed by atoms with E-state index in [2.05, 4.69) is 4.98 Å². The molecule has 1 aliphatic rings. The van der Waals surface area contributed by atoms with Crippen LogP contribution in [0.1, 0.15) is 23.2 Å². The molecule has 2 heterocycles. The number of fused-ring (bicyclic) bond motifs is 1. The summed E-state index contributed by atoms with van der Waals surface area (Å²) in [5.41, 5.74) is 0.923. The fourth-order valence-electron chi connectivity index (χ4n) is 4.28. The van der Waals surface area contributed by atoms with Crippen LogP contribution in [0.5, 0.6) is 17.2 Å². The highest BCUT2D eigenvalue weighted by Gasteiger charge is 2.24. The number of aryl methyl sites for hydroxylation is 1. The normalized spacial score (nSPS) is 13.5. The van der Waals surface area contributed by atoms with E-state index < -0.39 is 0 Å². The van der Waals surface area contributed by atoms with Crippen molar-refractivity contribution in [3.63, 3.8) is 0 Å². The summed E-state index contributed by atoms with van der Waals surface area (Å²) in [4.78, 5) is 46.3. The molecule has 0 atom stereocenters. The first-order chi connectivity index (χ1) is 17.4. The smallest absolute Gasteiger partial charge is 0.261 e. The predicted molar refractivity (Wildman–Crippen MR) is 134 cm³/mol. The Hall–Kier alpha value is -4.08. The van der Waals surface area contributed by atoms with Crippen LogP contribution in [-0.4, -0.2) is 78.7 Å². The van der Waals surface area contributed by atoms with Gasteiger partial charge in [-0.1, -0.05) is 0 Å². The molecule has 2 aromatic carbocycles. The maximum absolute atomic E-state index is 12.9. The number of ether oxygens (including phenoxy) is 3. The fraction of sp³-hybridized carbons (Fsp3) is 0.385. The van der Waals surface area contributed by atoms with Gasteiger partial charge in [-0.2, -0.15) is 0 Å². The molecular formula is C26H30N4O6. The van der Waals surface area contributed by atoms with Crippen molar-refractivity contribution < 1.29 is 23.8 Å². The molecule has 3 aromatic rings. The second-order valence-corrected chi connectivity index (χ2v) is 8.47. The van der Waals surface area contributed by atoms with E-state index in [4.69, 9.17) is 14.2 Å². The number of amides is 2. The molecule has 0 unspecified atom stereocenters. The van der Waals surface area contributed by atoms with Gasteiger partial charge >= 0.3 is 0 Å². The van der Waals surface area contributed by atoms with E-state index in [1.165, 1.54) is 25.1 Å². The number of hydrogen-bond acceptors (Lipinski definition) is 7. The molecule has 1 aliphatic heterocycles. The molecule has 1 saturated heterocycles. The number of rotatable bonds is 8. The molecule has 2 amide bonds. The summed E-state index contributed by atoms with van der Waals surface area (Å²) in [7, 11) is 4.62. The molecule has 1 aromatic heterocycles. The molecule has 10 heteroatoms. The van der Waals surface area contributed by atoms with Crippen molar-refractivity contribution in [2.24, 2.45) is 0 Å². The average Bonchev–Trinajstić information content (AvgIpc) is 2.93. The number of piperazine rings is 1. The number of aromatic nitrogens is 2. The van der Waals surface area contributed by atoms with E-state index in [1.54, 1.807) is 53.3 Å². The largest absolute Gasteiger partial charge is 0.497 e. The number of nitrogens with zero attached hydrogens (tertiary/aromatic N) is 4. The third kappa shape index (κ3) is 5.27. The molecule has 0 saturated carbocycles. The standard InChI is InChI=1S/C26H30N4O6/c1-34-19-8-6-18(7-9-19)25(32)29-13-11-28(12-14-29)24(31)5-4-10-30-17-27-21-16-23(36-3)22(35-2)15-20(21)26(30)33/h6-9,15-17H,4-5,10-14H2,1-3H3. The summed E-state index contributed by atoms with van der Waals surface area (Å²) in [5, 5.41) is 0.430. The minimum atomic E-state index is -0.195. The van der Waals surface area contributed by atoms with Crippen LogP contribution in [0.2, 0.25) is 0 Å². The van der Waals surface area contributed by atoms with E-state index in [0.717, 1.165) is 0 Å². The molecule has 1 fully saturated rings. The van der Waals surface area contributed by atoms with Gasteiger partial charge in [0, 0.05) is 50.8 Å². The SMILES string of the molecule is COc1ccc(C(=O)N2CCN(C(=O)CCCn3cnc4cc(OC)c(OC)cc4c3=O)CC2)cc1. The lowest BCUT2D eigenvalue weighted by molar-refractivity contribution is -0.132. The number of methoxy groups -OCH3 is 3. The second-order valence-electron chi connectivity index (χ2n) is 8.47. The van der Waals surface area contributed by atoms with Gasteiger partial charge in [0.1, 0.15) is 5.75 Å². The van der Waals surface area contributed by atoms with Crippen molar-refractivity contribution in [3.8, 4) is 17.2 Å². The van der Waals surface area contributed by atoms with Gasteiger partial charge < -0.3 is 24.0 Å². The number of carbonyl (C=O) groups is 2. The van der Waals surface area contributed by atoms with Gasteiger partial charge in [0.15, 0.2) is 11.5 Å². The lowest BCUT2D eigenvalue weighted by Gasteiger charge is -2.35. The molecule has 0 N–H and O–H groups in total. The van der Waals surface area contributed by atoms with E-state index >= 15 is 0 Å². The van der Waals surface area contributed by atoms with Gasteiger partial charge in [-0.15, -0.1) is 0 Å². The molecule has 0 aliphatic carbocycles. The molecule has 36 heavy (non-hydrogen) atoms.